The molecule has 0 radical (unpaired) electrons. The highest BCUT2D eigenvalue weighted by molar-refractivity contribution is 9.10. The third-order valence-electron chi connectivity index (χ3n) is 5.50. The van der Waals surface area contributed by atoms with Crippen molar-refractivity contribution in [2.45, 2.75) is 38.3 Å². The number of nitrogens with zero attached hydrogens (tertiary/aromatic N) is 2. The quantitative estimate of drug-likeness (QED) is 0.726. The van der Waals surface area contributed by atoms with Gasteiger partial charge in [0.05, 0.1) is 13.2 Å². The van der Waals surface area contributed by atoms with Crippen LogP contribution in [0.1, 0.15) is 38.2 Å². The summed E-state index contributed by atoms with van der Waals surface area (Å²) in [6, 6.07) is 16.3. The molecule has 2 aromatic carbocycles. The van der Waals surface area contributed by atoms with E-state index in [4.69, 9.17) is 4.74 Å². The van der Waals surface area contributed by atoms with Crippen LogP contribution in [-0.4, -0.2) is 35.2 Å². The molecule has 2 aliphatic rings. The van der Waals surface area contributed by atoms with Crippen LogP contribution in [0.5, 0.6) is 5.75 Å². The molecule has 0 aromatic heterocycles. The van der Waals surface area contributed by atoms with Gasteiger partial charge in [0, 0.05) is 16.5 Å². The lowest BCUT2D eigenvalue weighted by molar-refractivity contribution is -0.658. The molecule has 27 heavy (non-hydrogen) atoms. The van der Waals surface area contributed by atoms with Crippen LogP contribution < -0.4 is 9.64 Å². The summed E-state index contributed by atoms with van der Waals surface area (Å²) in [5, 5.41) is 11.8. The summed E-state index contributed by atoms with van der Waals surface area (Å²) in [5.41, 5.74) is 1.03. The summed E-state index contributed by atoms with van der Waals surface area (Å²) in [6.45, 7) is 4.04. The number of hydrogen-bond acceptors (Lipinski definition) is 3. The van der Waals surface area contributed by atoms with E-state index in [-0.39, 0.29) is 0 Å². The minimum Gasteiger partial charge on any atom is -0.494 e. The van der Waals surface area contributed by atoms with Gasteiger partial charge in [-0.3, -0.25) is 0 Å². The van der Waals surface area contributed by atoms with Crippen LogP contribution in [0.25, 0.3) is 0 Å². The Kier molecular flexibility index (Phi) is 5.24. The maximum atomic E-state index is 11.8. The standard InChI is InChI=1S/C22H26BrN2O2/c1-2-27-20-13-7-17(8-14-20)22(26)16-24(19-11-9-18(23)10-12-19)21-6-4-3-5-15-25(21)22/h7-14,26H,2-6,15-16H2,1H3/q+1. The second kappa shape index (κ2) is 7.64. The fraction of sp³-hybridized carbons (Fsp3) is 0.409. The van der Waals surface area contributed by atoms with E-state index in [1.807, 2.05) is 31.2 Å². The molecular weight excluding hydrogens is 404 g/mol. The van der Waals surface area contributed by atoms with Crippen LogP contribution in [-0.2, 0) is 5.72 Å². The van der Waals surface area contributed by atoms with Crippen molar-refractivity contribution in [3.05, 3.63) is 58.6 Å². The number of aliphatic hydroxyl groups is 1. The molecule has 4 rings (SSSR count). The van der Waals surface area contributed by atoms with Crippen LogP contribution in [0.15, 0.2) is 53.0 Å². The van der Waals surface area contributed by atoms with Crippen molar-refractivity contribution in [1.82, 2.24) is 0 Å². The Labute approximate surface area is 169 Å². The molecule has 2 aromatic rings. The van der Waals surface area contributed by atoms with Gasteiger partial charge in [-0.05, 0) is 74.7 Å². The molecule has 1 unspecified atom stereocenters. The molecule has 1 atom stereocenters. The molecule has 2 aliphatic heterocycles. The molecule has 0 saturated heterocycles. The summed E-state index contributed by atoms with van der Waals surface area (Å²) in [5.74, 6) is 2.07. The van der Waals surface area contributed by atoms with Gasteiger partial charge in [-0.15, -0.1) is 0 Å². The van der Waals surface area contributed by atoms with E-state index < -0.39 is 5.72 Å². The van der Waals surface area contributed by atoms with Gasteiger partial charge >= 0.3 is 0 Å². The molecule has 5 heteroatoms. The van der Waals surface area contributed by atoms with E-state index >= 15 is 0 Å². The van der Waals surface area contributed by atoms with Gasteiger partial charge in [0.1, 0.15) is 11.4 Å². The van der Waals surface area contributed by atoms with E-state index in [2.05, 4.69) is 49.7 Å². The number of anilines is 1. The lowest BCUT2D eigenvalue weighted by Crippen LogP contribution is -2.41. The first-order chi connectivity index (χ1) is 13.1. The van der Waals surface area contributed by atoms with Crippen molar-refractivity contribution in [3.8, 4) is 5.75 Å². The zero-order chi connectivity index (χ0) is 18.9. The van der Waals surface area contributed by atoms with E-state index in [9.17, 15) is 5.11 Å². The van der Waals surface area contributed by atoms with E-state index in [1.54, 1.807) is 0 Å². The predicted octanol–water partition coefficient (Wildman–Crippen LogP) is 4.50. The fourth-order valence-corrected chi connectivity index (χ4v) is 4.43. The maximum absolute atomic E-state index is 11.8. The number of halogens is 1. The first-order valence-electron chi connectivity index (χ1n) is 9.74. The Morgan fingerprint density at radius 1 is 1.07 bits per heavy atom. The van der Waals surface area contributed by atoms with Crippen molar-refractivity contribution >= 4 is 27.5 Å². The van der Waals surface area contributed by atoms with Gasteiger partial charge in [-0.1, -0.05) is 15.9 Å². The highest BCUT2D eigenvalue weighted by Gasteiger charge is 2.51. The lowest BCUT2D eigenvalue weighted by Gasteiger charge is -2.23. The topological polar surface area (TPSA) is 35.7 Å². The molecule has 4 nitrogen and oxygen atoms in total. The third kappa shape index (κ3) is 3.50. The summed E-state index contributed by atoms with van der Waals surface area (Å²) >= 11 is 3.52. The second-order valence-electron chi connectivity index (χ2n) is 7.22. The SMILES string of the molecule is CCOc1ccc(C2(O)CN(c3ccc(Br)cc3)C3=[N+]2CCCCC3)cc1. The van der Waals surface area contributed by atoms with Crippen molar-refractivity contribution in [1.29, 1.82) is 0 Å². The first kappa shape index (κ1) is 18.5. The molecule has 0 saturated carbocycles. The highest BCUT2D eigenvalue weighted by atomic mass is 79.9. The Hall–Kier alpha value is -1.85. The number of hydrogen-bond donors (Lipinski definition) is 1. The van der Waals surface area contributed by atoms with Gasteiger partial charge in [0.2, 0.25) is 0 Å². The minimum absolute atomic E-state index is 0.540. The number of ether oxygens (including phenoxy) is 1. The smallest absolute Gasteiger partial charge is 0.271 e. The Morgan fingerprint density at radius 3 is 2.52 bits per heavy atom. The summed E-state index contributed by atoms with van der Waals surface area (Å²) in [4.78, 5) is 2.29. The van der Waals surface area contributed by atoms with E-state index in [0.717, 1.165) is 47.3 Å². The summed E-state index contributed by atoms with van der Waals surface area (Å²) in [7, 11) is 0. The van der Waals surface area contributed by atoms with Crippen LogP contribution in [0.2, 0.25) is 0 Å². The van der Waals surface area contributed by atoms with E-state index in [0.29, 0.717) is 13.2 Å². The molecule has 2 heterocycles. The molecule has 0 spiro atoms. The predicted molar refractivity (Wildman–Crippen MR) is 112 cm³/mol. The van der Waals surface area contributed by atoms with Crippen molar-refractivity contribution < 1.29 is 14.4 Å². The molecule has 1 N–H and O–H groups in total. The van der Waals surface area contributed by atoms with E-state index in [1.165, 1.54) is 12.3 Å². The number of rotatable bonds is 4. The van der Waals surface area contributed by atoms with Crippen LogP contribution in [0.3, 0.4) is 0 Å². The number of amidine groups is 1. The van der Waals surface area contributed by atoms with Gasteiger partial charge < -0.3 is 9.84 Å². The lowest BCUT2D eigenvalue weighted by atomic mass is 10.0. The number of β-amino-alcohol motifs (C(OH)–C–C–N with tert-alkyl or cyclic N) is 1. The highest BCUT2D eigenvalue weighted by Crippen LogP contribution is 2.36. The molecule has 0 bridgehead atoms. The van der Waals surface area contributed by atoms with Gasteiger partial charge in [0.25, 0.3) is 11.6 Å². The molecule has 0 amide bonds. The van der Waals surface area contributed by atoms with Gasteiger partial charge in [-0.25, -0.2) is 9.48 Å². The van der Waals surface area contributed by atoms with Crippen LogP contribution in [0, 0.1) is 0 Å². The molecule has 142 valence electrons. The summed E-state index contributed by atoms with van der Waals surface area (Å²) in [6.07, 6.45) is 4.47. The van der Waals surface area contributed by atoms with Gasteiger partial charge in [0.15, 0.2) is 6.54 Å². The first-order valence-corrected chi connectivity index (χ1v) is 10.5. The molecule has 0 fully saturated rings. The summed E-state index contributed by atoms with van der Waals surface area (Å²) < 4.78 is 8.85. The maximum Gasteiger partial charge on any atom is 0.271 e. The largest absolute Gasteiger partial charge is 0.494 e. The fourth-order valence-electron chi connectivity index (χ4n) is 4.16. The average Bonchev–Trinajstić information content (AvgIpc) is 2.84. The zero-order valence-corrected chi connectivity index (χ0v) is 17.3. The van der Waals surface area contributed by atoms with Crippen molar-refractivity contribution in [2.24, 2.45) is 0 Å². The minimum atomic E-state index is -1.02. The van der Waals surface area contributed by atoms with Crippen LogP contribution in [0.4, 0.5) is 5.69 Å². The third-order valence-corrected chi connectivity index (χ3v) is 6.02. The Bertz CT molecular complexity index is 832. The Morgan fingerprint density at radius 2 is 1.81 bits per heavy atom. The zero-order valence-electron chi connectivity index (χ0n) is 15.7. The number of benzene rings is 2. The second-order valence-corrected chi connectivity index (χ2v) is 8.13. The van der Waals surface area contributed by atoms with Crippen molar-refractivity contribution in [2.75, 3.05) is 24.6 Å². The average molecular weight is 430 g/mol. The van der Waals surface area contributed by atoms with Gasteiger partial charge in [-0.2, -0.15) is 0 Å². The Balaban J connectivity index is 1.74. The van der Waals surface area contributed by atoms with Crippen molar-refractivity contribution in [3.63, 3.8) is 0 Å². The molecular formula is C22H26BrN2O2+. The monoisotopic (exact) mass is 429 g/mol. The van der Waals surface area contributed by atoms with Crippen LogP contribution >= 0.6 is 15.9 Å². The normalized spacial score (nSPS) is 22.6. The molecule has 0 aliphatic carbocycles.